The van der Waals surface area contributed by atoms with Gasteiger partial charge in [0.1, 0.15) is 11.3 Å². The van der Waals surface area contributed by atoms with Gasteiger partial charge in [0, 0.05) is 37.8 Å². The molecule has 1 aliphatic rings. The molecule has 2 aromatic rings. The number of aromatic amines is 1. The van der Waals surface area contributed by atoms with Gasteiger partial charge in [-0.1, -0.05) is 6.58 Å². The Morgan fingerprint density at radius 3 is 2.71 bits per heavy atom. The molecule has 1 fully saturated rings. The zero-order chi connectivity index (χ0) is 22.6. The van der Waals surface area contributed by atoms with E-state index in [1.54, 1.807) is 11.1 Å². The van der Waals surface area contributed by atoms with Crippen LogP contribution in [0, 0.1) is 0 Å². The molecular weight excluding hydrogens is 413 g/mol. The van der Waals surface area contributed by atoms with Crippen LogP contribution in [0.3, 0.4) is 0 Å². The smallest absolute Gasteiger partial charge is 0.363 e. The average molecular weight is 438 g/mol. The van der Waals surface area contributed by atoms with Crippen molar-refractivity contribution in [2.24, 2.45) is 0 Å². The molecule has 0 saturated carbocycles. The zero-order valence-electron chi connectivity index (χ0n) is 17.2. The van der Waals surface area contributed by atoms with Gasteiger partial charge in [0.2, 0.25) is 5.91 Å². The molecule has 0 bridgehead atoms. The molecule has 0 aromatic carbocycles. The largest absolute Gasteiger partial charge is 0.389 e. The van der Waals surface area contributed by atoms with Gasteiger partial charge in [-0.2, -0.15) is 13.2 Å². The first-order chi connectivity index (χ1) is 14.6. The third-order valence-corrected chi connectivity index (χ3v) is 5.33. The predicted molar refractivity (Wildman–Crippen MR) is 110 cm³/mol. The number of piperidine rings is 1. The molecule has 3 heterocycles. The second kappa shape index (κ2) is 8.94. The van der Waals surface area contributed by atoms with E-state index in [1.165, 1.54) is 12.3 Å². The number of rotatable bonds is 7. The first kappa shape index (κ1) is 22.6. The molecular formula is C20H25F3N6O2. The third kappa shape index (κ3) is 5.74. The molecule has 1 aliphatic heterocycles. The fourth-order valence-electron chi connectivity index (χ4n) is 3.49. The number of anilines is 1. The van der Waals surface area contributed by atoms with Crippen LogP contribution in [0.1, 0.15) is 43.0 Å². The van der Waals surface area contributed by atoms with E-state index < -0.39 is 18.5 Å². The van der Waals surface area contributed by atoms with Gasteiger partial charge in [-0.25, -0.2) is 9.97 Å². The Kier molecular flexibility index (Phi) is 6.51. The van der Waals surface area contributed by atoms with E-state index in [2.05, 4.69) is 32.2 Å². The van der Waals surface area contributed by atoms with Crippen LogP contribution in [0.2, 0.25) is 0 Å². The number of halogens is 3. The van der Waals surface area contributed by atoms with Gasteiger partial charge in [-0.05, 0) is 32.3 Å². The standard InChI is InChI=1S/C20H25F3N6O2/c1-3-15(30)29-9-6-19(2,7-10-29)28-14-12-26-17-16(27-14)13(11-25-17)18(31)24-8-4-5-20(21,22)23/h3,11-12H,1,4-10H2,2H3,(H,24,31)(H,25,26)(H,27,28). The Bertz CT molecular complexity index is 963. The Labute approximate surface area is 177 Å². The van der Waals surface area contributed by atoms with E-state index >= 15 is 0 Å². The number of H-pyrrole nitrogens is 1. The molecule has 31 heavy (non-hydrogen) atoms. The van der Waals surface area contributed by atoms with Gasteiger partial charge in [0.15, 0.2) is 5.65 Å². The lowest BCUT2D eigenvalue weighted by molar-refractivity contribution is -0.135. The molecule has 0 unspecified atom stereocenters. The predicted octanol–water partition coefficient (Wildman–Crippen LogP) is 3.01. The maximum atomic E-state index is 12.4. The molecule has 8 nitrogen and oxygen atoms in total. The number of alkyl halides is 3. The van der Waals surface area contributed by atoms with Crippen molar-refractivity contribution in [2.75, 3.05) is 25.0 Å². The van der Waals surface area contributed by atoms with Crippen LogP contribution < -0.4 is 10.6 Å². The second-order valence-electron chi connectivity index (χ2n) is 7.84. The molecule has 2 amide bonds. The Hall–Kier alpha value is -3.11. The average Bonchev–Trinajstić information content (AvgIpc) is 3.13. The van der Waals surface area contributed by atoms with Crippen LogP contribution in [0.15, 0.2) is 25.0 Å². The first-order valence-corrected chi connectivity index (χ1v) is 9.99. The highest BCUT2D eigenvalue weighted by molar-refractivity contribution is 6.04. The van der Waals surface area contributed by atoms with Crippen molar-refractivity contribution in [3.63, 3.8) is 0 Å². The van der Waals surface area contributed by atoms with Gasteiger partial charge < -0.3 is 20.5 Å². The molecule has 0 spiro atoms. The summed E-state index contributed by atoms with van der Waals surface area (Å²) < 4.78 is 36.7. The summed E-state index contributed by atoms with van der Waals surface area (Å²) in [5.74, 6) is -0.131. The van der Waals surface area contributed by atoms with Gasteiger partial charge >= 0.3 is 6.18 Å². The van der Waals surface area contributed by atoms with Gasteiger partial charge in [-0.3, -0.25) is 9.59 Å². The number of carbonyl (C=O) groups excluding carboxylic acids is 2. The summed E-state index contributed by atoms with van der Waals surface area (Å²) in [5, 5.41) is 5.83. The van der Waals surface area contributed by atoms with E-state index in [0.29, 0.717) is 42.9 Å². The quantitative estimate of drug-likeness (QED) is 0.456. The normalized spacial score (nSPS) is 16.2. The van der Waals surface area contributed by atoms with Crippen molar-refractivity contribution in [2.45, 2.75) is 44.3 Å². The number of likely N-dealkylation sites (tertiary alicyclic amines) is 1. The van der Waals surface area contributed by atoms with Gasteiger partial charge in [0.05, 0.1) is 11.8 Å². The van der Waals surface area contributed by atoms with Crippen LogP contribution in [-0.4, -0.2) is 63.0 Å². The summed E-state index contributed by atoms with van der Waals surface area (Å²) in [6.45, 7) is 6.61. The molecule has 0 radical (unpaired) electrons. The van der Waals surface area contributed by atoms with Crippen molar-refractivity contribution in [1.82, 2.24) is 25.2 Å². The van der Waals surface area contributed by atoms with Gasteiger partial charge in [-0.15, -0.1) is 0 Å². The van der Waals surface area contributed by atoms with Gasteiger partial charge in [0.25, 0.3) is 5.91 Å². The van der Waals surface area contributed by atoms with Crippen LogP contribution >= 0.6 is 0 Å². The number of fused-ring (bicyclic) bond motifs is 1. The summed E-state index contributed by atoms with van der Waals surface area (Å²) in [5.41, 5.74) is 0.648. The summed E-state index contributed by atoms with van der Waals surface area (Å²) in [6, 6.07) is 0. The lowest BCUT2D eigenvalue weighted by Gasteiger charge is -2.39. The van der Waals surface area contributed by atoms with Crippen LogP contribution in [0.4, 0.5) is 19.0 Å². The number of nitrogens with zero attached hydrogens (tertiary/aromatic N) is 3. The fraction of sp³-hybridized carbons (Fsp3) is 0.500. The summed E-state index contributed by atoms with van der Waals surface area (Å²) >= 11 is 0. The minimum absolute atomic E-state index is 0.0889. The van der Waals surface area contributed by atoms with E-state index in [1.807, 2.05) is 6.92 Å². The number of carbonyl (C=O) groups is 2. The highest BCUT2D eigenvalue weighted by atomic mass is 19.4. The molecule has 0 atom stereocenters. The van der Waals surface area contributed by atoms with Crippen molar-refractivity contribution >= 4 is 28.8 Å². The molecule has 11 heteroatoms. The first-order valence-electron chi connectivity index (χ1n) is 9.99. The van der Waals surface area contributed by atoms with Crippen molar-refractivity contribution < 1.29 is 22.8 Å². The van der Waals surface area contributed by atoms with E-state index in [4.69, 9.17) is 0 Å². The minimum atomic E-state index is -4.25. The SMILES string of the molecule is C=CC(=O)N1CCC(C)(Nc2cnc3[nH]cc(C(=O)NCCCC(F)(F)F)c3n2)CC1. The Morgan fingerprint density at radius 2 is 2.06 bits per heavy atom. The maximum absolute atomic E-state index is 12.4. The Balaban J connectivity index is 1.65. The van der Waals surface area contributed by atoms with Crippen molar-refractivity contribution in [1.29, 1.82) is 0 Å². The summed E-state index contributed by atoms with van der Waals surface area (Å²) in [6.07, 6.45) is 0.298. The highest BCUT2D eigenvalue weighted by Crippen LogP contribution is 2.27. The summed E-state index contributed by atoms with van der Waals surface area (Å²) in [7, 11) is 0. The van der Waals surface area contributed by atoms with Crippen LogP contribution in [-0.2, 0) is 4.79 Å². The molecule has 0 aliphatic carbocycles. The molecule has 1 saturated heterocycles. The zero-order valence-corrected chi connectivity index (χ0v) is 17.2. The highest BCUT2D eigenvalue weighted by Gasteiger charge is 2.32. The third-order valence-electron chi connectivity index (χ3n) is 5.33. The second-order valence-corrected chi connectivity index (χ2v) is 7.84. The number of hydrogen-bond donors (Lipinski definition) is 3. The molecule has 3 rings (SSSR count). The number of nitrogens with one attached hydrogen (secondary N) is 3. The minimum Gasteiger partial charge on any atom is -0.363 e. The van der Waals surface area contributed by atoms with Crippen LogP contribution in [0.5, 0.6) is 0 Å². The molecule has 3 N–H and O–H groups in total. The molecule has 2 aromatic heterocycles. The lowest BCUT2D eigenvalue weighted by atomic mass is 9.89. The topological polar surface area (TPSA) is 103 Å². The van der Waals surface area contributed by atoms with Crippen molar-refractivity contribution in [3.8, 4) is 0 Å². The fourth-order valence-corrected chi connectivity index (χ4v) is 3.49. The molecule has 168 valence electrons. The Morgan fingerprint density at radius 1 is 1.35 bits per heavy atom. The van der Waals surface area contributed by atoms with E-state index in [9.17, 15) is 22.8 Å². The van der Waals surface area contributed by atoms with E-state index in [0.717, 1.165) is 0 Å². The number of hydrogen-bond acceptors (Lipinski definition) is 5. The van der Waals surface area contributed by atoms with Crippen molar-refractivity contribution in [3.05, 3.63) is 30.6 Å². The monoisotopic (exact) mass is 438 g/mol. The van der Waals surface area contributed by atoms with E-state index in [-0.39, 0.29) is 30.0 Å². The summed E-state index contributed by atoms with van der Waals surface area (Å²) in [4.78, 5) is 37.5. The maximum Gasteiger partial charge on any atom is 0.389 e. The number of amides is 2. The number of aromatic nitrogens is 3. The lowest BCUT2D eigenvalue weighted by Crippen LogP contribution is -2.48. The van der Waals surface area contributed by atoms with Crippen LogP contribution in [0.25, 0.3) is 11.2 Å².